The molecule has 0 radical (unpaired) electrons. The highest BCUT2D eigenvalue weighted by Gasteiger charge is 2.02. The van der Waals surface area contributed by atoms with E-state index in [1.54, 1.807) is 0 Å². The first kappa shape index (κ1) is 15.1. The number of hydrogen-bond donors (Lipinski definition) is 1. The molecular weight excluding hydrogens is 318 g/mol. The van der Waals surface area contributed by atoms with Crippen LogP contribution in [-0.2, 0) is 13.1 Å². The lowest BCUT2D eigenvalue weighted by molar-refractivity contribution is 0.295. The zero-order valence-electron chi connectivity index (χ0n) is 11.7. The van der Waals surface area contributed by atoms with Crippen molar-refractivity contribution in [2.75, 3.05) is 13.2 Å². The molecule has 5 heteroatoms. The summed E-state index contributed by atoms with van der Waals surface area (Å²) in [6.07, 6.45) is 4.96. The summed E-state index contributed by atoms with van der Waals surface area (Å²) < 4.78 is 8.90. The smallest absolute Gasteiger partial charge is 0.122 e. The number of ether oxygens (including phenoxy) is 1. The van der Waals surface area contributed by atoms with Gasteiger partial charge in [0.05, 0.1) is 13.1 Å². The van der Waals surface area contributed by atoms with E-state index in [-0.39, 0.29) is 0 Å². The molecule has 4 nitrogen and oxygen atoms in total. The molecule has 108 valence electrons. The zero-order chi connectivity index (χ0) is 14.2. The predicted molar refractivity (Wildman–Crippen MR) is 83.9 cm³/mol. The van der Waals surface area contributed by atoms with E-state index < -0.39 is 0 Å². The molecule has 0 bridgehead atoms. The van der Waals surface area contributed by atoms with E-state index in [2.05, 4.69) is 37.7 Å². The lowest BCUT2D eigenvalue weighted by Gasteiger charge is -2.10. The number of aromatic nitrogens is 2. The first-order valence-electron chi connectivity index (χ1n) is 6.88. The molecule has 0 fully saturated rings. The topological polar surface area (TPSA) is 39.1 Å². The van der Waals surface area contributed by atoms with E-state index in [1.165, 1.54) is 0 Å². The van der Waals surface area contributed by atoms with E-state index >= 15 is 0 Å². The molecule has 0 atom stereocenters. The number of nitrogens with one attached hydrogen (secondary N) is 1. The van der Waals surface area contributed by atoms with E-state index in [1.807, 2.05) is 36.7 Å². The maximum Gasteiger partial charge on any atom is 0.122 e. The maximum atomic E-state index is 5.74. The molecule has 20 heavy (non-hydrogen) atoms. The normalized spacial score (nSPS) is 10.7. The van der Waals surface area contributed by atoms with Crippen molar-refractivity contribution >= 4 is 15.9 Å². The Balaban J connectivity index is 1.80. The molecule has 0 saturated carbocycles. The number of halogens is 1. The van der Waals surface area contributed by atoms with Crippen molar-refractivity contribution in [3.05, 3.63) is 47.0 Å². The first-order chi connectivity index (χ1) is 9.79. The Morgan fingerprint density at radius 1 is 1.40 bits per heavy atom. The summed E-state index contributed by atoms with van der Waals surface area (Å²) in [5, 5.41) is 3.36. The fraction of sp³-hybridized carbons (Fsp3) is 0.400. The van der Waals surface area contributed by atoms with Crippen molar-refractivity contribution in [2.45, 2.75) is 26.4 Å². The average Bonchev–Trinajstić information content (AvgIpc) is 2.87. The van der Waals surface area contributed by atoms with Gasteiger partial charge in [-0.3, -0.25) is 0 Å². The number of hydrogen-bond acceptors (Lipinski definition) is 3. The van der Waals surface area contributed by atoms with Crippen molar-refractivity contribution < 1.29 is 4.74 Å². The van der Waals surface area contributed by atoms with Crippen LogP contribution in [0.2, 0.25) is 0 Å². The van der Waals surface area contributed by atoms with E-state index in [9.17, 15) is 0 Å². The van der Waals surface area contributed by atoms with Crippen LogP contribution >= 0.6 is 15.9 Å². The molecular formula is C15H20BrN3O. The number of imidazole rings is 1. The third-order valence-corrected chi connectivity index (χ3v) is 3.40. The van der Waals surface area contributed by atoms with Gasteiger partial charge in [0.15, 0.2) is 0 Å². The fourth-order valence-electron chi connectivity index (χ4n) is 1.91. The van der Waals surface area contributed by atoms with Gasteiger partial charge in [-0.1, -0.05) is 28.9 Å². The van der Waals surface area contributed by atoms with Crippen LogP contribution in [0.4, 0.5) is 0 Å². The van der Waals surface area contributed by atoms with E-state index in [0.29, 0.717) is 6.61 Å². The van der Waals surface area contributed by atoms with E-state index in [4.69, 9.17) is 4.74 Å². The molecule has 1 aromatic heterocycles. The summed E-state index contributed by atoms with van der Waals surface area (Å²) >= 11 is 3.44. The summed E-state index contributed by atoms with van der Waals surface area (Å²) in [5.74, 6) is 1.93. The summed E-state index contributed by atoms with van der Waals surface area (Å²) in [4.78, 5) is 4.37. The lowest BCUT2D eigenvalue weighted by atomic mass is 10.3. The van der Waals surface area contributed by atoms with Gasteiger partial charge in [0.2, 0.25) is 0 Å². The molecule has 0 spiro atoms. The minimum atomic E-state index is 0.633. The van der Waals surface area contributed by atoms with Gasteiger partial charge in [0.1, 0.15) is 18.2 Å². The molecule has 1 heterocycles. The lowest BCUT2D eigenvalue weighted by Crippen LogP contribution is -2.19. The largest absolute Gasteiger partial charge is 0.492 e. The molecule has 0 amide bonds. The summed E-state index contributed by atoms with van der Waals surface area (Å²) in [6.45, 7) is 5.41. The monoisotopic (exact) mass is 337 g/mol. The van der Waals surface area contributed by atoms with Crippen LogP contribution in [0.1, 0.15) is 19.2 Å². The van der Waals surface area contributed by atoms with Gasteiger partial charge in [-0.25, -0.2) is 4.98 Å². The second-order valence-electron chi connectivity index (χ2n) is 4.52. The Hall–Kier alpha value is -1.33. The number of nitrogens with zero attached hydrogens (tertiary/aromatic N) is 2. The van der Waals surface area contributed by atoms with Gasteiger partial charge >= 0.3 is 0 Å². The molecule has 0 unspecified atom stereocenters. The fourth-order valence-corrected chi connectivity index (χ4v) is 2.28. The van der Waals surface area contributed by atoms with Gasteiger partial charge in [0.25, 0.3) is 0 Å². The highest BCUT2D eigenvalue weighted by atomic mass is 79.9. The van der Waals surface area contributed by atoms with Crippen molar-refractivity contribution in [1.29, 1.82) is 0 Å². The molecule has 2 rings (SSSR count). The highest BCUT2D eigenvalue weighted by molar-refractivity contribution is 9.10. The van der Waals surface area contributed by atoms with Crippen LogP contribution in [-0.4, -0.2) is 22.7 Å². The van der Waals surface area contributed by atoms with Crippen LogP contribution in [0, 0.1) is 0 Å². The number of rotatable bonds is 8. The molecule has 2 aromatic rings. The Morgan fingerprint density at radius 2 is 2.30 bits per heavy atom. The van der Waals surface area contributed by atoms with Gasteiger partial charge < -0.3 is 14.6 Å². The Bertz CT molecular complexity index is 527. The van der Waals surface area contributed by atoms with Crippen LogP contribution in [0.5, 0.6) is 5.75 Å². The molecule has 0 aliphatic heterocycles. The van der Waals surface area contributed by atoms with Crippen molar-refractivity contribution in [3.8, 4) is 5.75 Å². The second-order valence-corrected chi connectivity index (χ2v) is 5.44. The Kier molecular flexibility index (Phi) is 6.08. The Labute approximate surface area is 128 Å². The van der Waals surface area contributed by atoms with Gasteiger partial charge in [-0.15, -0.1) is 0 Å². The van der Waals surface area contributed by atoms with Gasteiger partial charge in [-0.05, 0) is 31.2 Å². The summed E-state index contributed by atoms with van der Waals surface area (Å²) in [5.41, 5.74) is 0. The summed E-state index contributed by atoms with van der Waals surface area (Å²) in [7, 11) is 0. The van der Waals surface area contributed by atoms with Crippen LogP contribution in [0.15, 0.2) is 41.1 Å². The quantitative estimate of drug-likeness (QED) is 0.751. The summed E-state index contributed by atoms with van der Waals surface area (Å²) in [6, 6.07) is 7.89. The average molecular weight is 338 g/mol. The van der Waals surface area contributed by atoms with Crippen molar-refractivity contribution in [2.24, 2.45) is 0 Å². The van der Waals surface area contributed by atoms with Crippen LogP contribution < -0.4 is 10.1 Å². The molecule has 0 aliphatic rings. The van der Waals surface area contributed by atoms with Crippen molar-refractivity contribution in [1.82, 2.24) is 14.9 Å². The van der Waals surface area contributed by atoms with Crippen molar-refractivity contribution in [3.63, 3.8) is 0 Å². The third-order valence-electron chi connectivity index (χ3n) is 2.91. The van der Waals surface area contributed by atoms with Gasteiger partial charge in [0, 0.05) is 16.9 Å². The minimum Gasteiger partial charge on any atom is -0.492 e. The predicted octanol–water partition coefficient (Wildman–Crippen LogP) is 3.22. The van der Waals surface area contributed by atoms with Crippen LogP contribution in [0.25, 0.3) is 0 Å². The van der Waals surface area contributed by atoms with Gasteiger partial charge in [-0.2, -0.15) is 0 Å². The second kappa shape index (κ2) is 8.07. The first-order valence-corrected chi connectivity index (χ1v) is 7.68. The molecule has 1 aromatic carbocycles. The molecule has 0 aliphatic carbocycles. The molecule has 0 saturated heterocycles. The number of benzene rings is 1. The third kappa shape index (κ3) is 4.65. The Morgan fingerprint density at radius 3 is 3.10 bits per heavy atom. The minimum absolute atomic E-state index is 0.633. The zero-order valence-corrected chi connectivity index (χ0v) is 13.3. The van der Waals surface area contributed by atoms with E-state index in [0.717, 1.165) is 42.1 Å². The maximum absolute atomic E-state index is 5.74. The standard InChI is InChI=1S/C15H20BrN3O/c1-2-6-17-12-15-18-7-8-19(15)9-10-20-14-5-3-4-13(16)11-14/h3-5,7-8,11,17H,2,6,9-10,12H2,1H3. The highest BCUT2D eigenvalue weighted by Crippen LogP contribution is 2.17. The SMILES string of the molecule is CCCNCc1nccn1CCOc1cccc(Br)c1. The van der Waals surface area contributed by atoms with Crippen LogP contribution in [0.3, 0.4) is 0 Å². The molecule has 1 N–H and O–H groups in total.